The highest BCUT2D eigenvalue weighted by Gasteiger charge is 2.17. The number of rotatable bonds is 6. The molecule has 1 fully saturated rings. The van der Waals surface area contributed by atoms with Gasteiger partial charge in [0.15, 0.2) is 6.61 Å². The summed E-state index contributed by atoms with van der Waals surface area (Å²) in [5, 5.41) is 5.94. The van der Waals surface area contributed by atoms with Crippen molar-refractivity contribution >= 4 is 44.7 Å². The Hall–Kier alpha value is -3.23. The largest absolute Gasteiger partial charge is 0.483 e. The zero-order valence-corrected chi connectivity index (χ0v) is 18.9. The average molecular weight is 496 g/mol. The lowest BCUT2D eigenvalue weighted by Gasteiger charge is -2.26. The second-order valence-corrected chi connectivity index (χ2v) is 8.05. The second kappa shape index (κ2) is 10.4. The van der Waals surface area contributed by atoms with Crippen LogP contribution in [0, 0.1) is 0 Å². The van der Waals surface area contributed by atoms with Gasteiger partial charge in [-0.3, -0.25) is 9.59 Å². The molecule has 1 aliphatic heterocycles. The van der Waals surface area contributed by atoms with E-state index in [1.165, 1.54) is 0 Å². The van der Waals surface area contributed by atoms with Gasteiger partial charge in [0.2, 0.25) is 0 Å². The maximum absolute atomic E-state index is 12.6. The smallest absolute Gasteiger partial charge is 0.271 e. The number of amides is 2. The summed E-state index contributed by atoms with van der Waals surface area (Å²) in [6.07, 6.45) is 1.55. The molecule has 3 aromatic carbocycles. The van der Waals surface area contributed by atoms with E-state index in [0.29, 0.717) is 42.1 Å². The fraction of sp³-hybridized carbons (Fsp3) is 0.208. The van der Waals surface area contributed by atoms with Gasteiger partial charge in [-0.2, -0.15) is 5.10 Å². The van der Waals surface area contributed by atoms with Crippen LogP contribution in [0.5, 0.6) is 5.75 Å². The molecule has 0 aliphatic carbocycles. The molecule has 164 valence electrons. The monoisotopic (exact) mass is 495 g/mol. The van der Waals surface area contributed by atoms with Crippen LogP contribution in [0.3, 0.4) is 0 Å². The quantitative estimate of drug-likeness (QED) is 0.418. The van der Waals surface area contributed by atoms with Gasteiger partial charge in [-0.05, 0) is 56.5 Å². The van der Waals surface area contributed by atoms with E-state index in [0.717, 1.165) is 16.3 Å². The Bertz CT molecular complexity index is 1150. The van der Waals surface area contributed by atoms with Crippen molar-refractivity contribution in [3.05, 3.63) is 76.3 Å². The number of halogens is 1. The summed E-state index contributed by atoms with van der Waals surface area (Å²) in [4.78, 5) is 26.5. The Labute approximate surface area is 194 Å². The minimum absolute atomic E-state index is 0.0346. The lowest BCUT2D eigenvalue weighted by molar-refractivity contribution is -0.137. The van der Waals surface area contributed by atoms with Crippen LogP contribution in [-0.2, 0) is 9.53 Å². The van der Waals surface area contributed by atoms with E-state index in [1.807, 2.05) is 42.5 Å². The molecular formula is C24H22BrN3O4. The molecule has 7 nitrogen and oxygen atoms in total. The molecule has 0 unspecified atom stereocenters. The molecule has 0 saturated carbocycles. The molecule has 3 aromatic rings. The van der Waals surface area contributed by atoms with E-state index in [4.69, 9.17) is 9.47 Å². The van der Waals surface area contributed by atoms with Crippen LogP contribution < -0.4 is 10.2 Å². The number of fused-ring (bicyclic) bond motifs is 1. The van der Waals surface area contributed by atoms with Crippen molar-refractivity contribution in [1.29, 1.82) is 0 Å². The predicted molar refractivity (Wildman–Crippen MR) is 126 cm³/mol. The highest BCUT2D eigenvalue weighted by Crippen LogP contribution is 2.25. The van der Waals surface area contributed by atoms with Crippen LogP contribution in [0.15, 0.2) is 70.2 Å². The van der Waals surface area contributed by atoms with E-state index in [1.54, 1.807) is 29.3 Å². The van der Waals surface area contributed by atoms with Crippen LogP contribution in [0.2, 0.25) is 0 Å². The van der Waals surface area contributed by atoms with Gasteiger partial charge in [0.1, 0.15) is 5.75 Å². The second-order valence-electron chi connectivity index (χ2n) is 7.20. The minimum Gasteiger partial charge on any atom is -0.483 e. The Kier molecular flexibility index (Phi) is 7.14. The van der Waals surface area contributed by atoms with Crippen molar-refractivity contribution in [3.8, 4) is 5.75 Å². The first kappa shape index (κ1) is 22.0. The third-order valence-corrected chi connectivity index (χ3v) is 5.70. The third kappa shape index (κ3) is 5.33. The van der Waals surface area contributed by atoms with E-state index in [2.05, 4.69) is 26.5 Å². The lowest BCUT2D eigenvalue weighted by Crippen LogP contribution is -2.43. The van der Waals surface area contributed by atoms with Crippen molar-refractivity contribution < 1.29 is 19.1 Å². The predicted octanol–water partition coefficient (Wildman–Crippen LogP) is 3.60. The summed E-state index contributed by atoms with van der Waals surface area (Å²) in [6.45, 7) is 2.25. The SMILES string of the molecule is O=C(NN=Cc1ccc(OCC(=O)N2CCOCC2)c(Br)c1)c1cccc2ccccc12. The molecule has 0 radical (unpaired) electrons. The molecule has 8 heteroatoms. The molecule has 1 heterocycles. The first-order valence-corrected chi connectivity index (χ1v) is 11.0. The highest BCUT2D eigenvalue weighted by molar-refractivity contribution is 9.10. The summed E-state index contributed by atoms with van der Waals surface area (Å²) in [6, 6.07) is 18.7. The fourth-order valence-corrected chi connectivity index (χ4v) is 3.92. The first-order chi connectivity index (χ1) is 15.6. The van der Waals surface area contributed by atoms with Gasteiger partial charge in [0.05, 0.1) is 23.9 Å². The summed E-state index contributed by atoms with van der Waals surface area (Å²) in [5.74, 6) is 0.212. The Morgan fingerprint density at radius 1 is 1.09 bits per heavy atom. The maximum Gasteiger partial charge on any atom is 0.271 e. The summed E-state index contributed by atoms with van der Waals surface area (Å²) < 4.78 is 11.6. The van der Waals surface area contributed by atoms with Crippen molar-refractivity contribution in [3.63, 3.8) is 0 Å². The molecule has 0 spiro atoms. The number of benzene rings is 3. The summed E-state index contributed by atoms with van der Waals surface area (Å²) >= 11 is 3.46. The zero-order chi connectivity index (χ0) is 22.3. The normalized spacial score (nSPS) is 14.0. The Morgan fingerprint density at radius 2 is 1.88 bits per heavy atom. The number of morpholine rings is 1. The number of carbonyl (C=O) groups excluding carboxylic acids is 2. The van der Waals surface area contributed by atoms with Crippen LogP contribution in [0.4, 0.5) is 0 Å². The molecule has 2 amide bonds. The van der Waals surface area contributed by atoms with Crippen molar-refractivity contribution in [1.82, 2.24) is 10.3 Å². The molecule has 0 aromatic heterocycles. The number of hydrogen-bond acceptors (Lipinski definition) is 5. The number of ether oxygens (including phenoxy) is 2. The summed E-state index contributed by atoms with van der Waals surface area (Å²) in [5.41, 5.74) is 3.90. The van der Waals surface area contributed by atoms with Gasteiger partial charge in [0.25, 0.3) is 11.8 Å². The van der Waals surface area contributed by atoms with Crippen LogP contribution in [-0.4, -0.2) is 55.8 Å². The third-order valence-electron chi connectivity index (χ3n) is 5.08. The molecule has 1 aliphatic rings. The number of hydrazone groups is 1. The number of hydrogen-bond donors (Lipinski definition) is 1. The number of nitrogens with zero attached hydrogens (tertiary/aromatic N) is 2. The summed E-state index contributed by atoms with van der Waals surface area (Å²) in [7, 11) is 0. The van der Waals surface area contributed by atoms with Crippen LogP contribution in [0.1, 0.15) is 15.9 Å². The van der Waals surface area contributed by atoms with Gasteiger partial charge in [0, 0.05) is 18.7 Å². The van der Waals surface area contributed by atoms with Gasteiger partial charge in [-0.1, -0.05) is 36.4 Å². The van der Waals surface area contributed by atoms with Gasteiger partial charge >= 0.3 is 0 Å². The molecule has 4 rings (SSSR count). The van der Waals surface area contributed by atoms with Gasteiger partial charge in [-0.15, -0.1) is 0 Å². The van der Waals surface area contributed by atoms with E-state index >= 15 is 0 Å². The van der Waals surface area contributed by atoms with Crippen LogP contribution in [0.25, 0.3) is 10.8 Å². The number of nitrogens with one attached hydrogen (secondary N) is 1. The van der Waals surface area contributed by atoms with Crippen molar-refractivity contribution in [2.24, 2.45) is 5.10 Å². The highest BCUT2D eigenvalue weighted by atomic mass is 79.9. The molecule has 0 bridgehead atoms. The lowest BCUT2D eigenvalue weighted by atomic mass is 10.0. The van der Waals surface area contributed by atoms with E-state index in [-0.39, 0.29) is 18.4 Å². The molecule has 1 saturated heterocycles. The standard InChI is InChI=1S/C24H22BrN3O4/c25-21-14-17(8-9-22(21)32-16-23(29)28-10-12-31-13-11-28)15-26-27-24(30)20-7-3-5-18-4-1-2-6-19(18)20/h1-9,14-15H,10-13,16H2,(H,27,30). The molecule has 1 N–H and O–H groups in total. The minimum atomic E-state index is -0.279. The fourth-order valence-electron chi connectivity index (χ4n) is 3.41. The molecule has 32 heavy (non-hydrogen) atoms. The van der Waals surface area contributed by atoms with Gasteiger partial charge < -0.3 is 14.4 Å². The molecular weight excluding hydrogens is 474 g/mol. The van der Waals surface area contributed by atoms with Crippen molar-refractivity contribution in [2.75, 3.05) is 32.9 Å². The maximum atomic E-state index is 12.6. The van der Waals surface area contributed by atoms with E-state index < -0.39 is 0 Å². The van der Waals surface area contributed by atoms with Crippen molar-refractivity contribution in [2.45, 2.75) is 0 Å². The average Bonchev–Trinajstić information content (AvgIpc) is 2.83. The first-order valence-electron chi connectivity index (χ1n) is 10.2. The molecule has 0 atom stereocenters. The number of carbonyl (C=O) groups is 2. The zero-order valence-electron chi connectivity index (χ0n) is 17.3. The topological polar surface area (TPSA) is 80.2 Å². The van der Waals surface area contributed by atoms with E-state index in [9.17, 15) is 9.59 Å². The Morgan fingerprint density at radius 3 is 2.69 bits per heavy atom. The van der Waals surface area contributed by atoms with Crippen LogP contribution >= 0.6 is 15.9 Å². The van der Waals surface area contributed by atoms with Gasteiger partial charge in [-0.25, -0.2) is 5.43 Å². The Balaban J connectivity index is 1.34.